The second-order valence-electron chi connectivity index (χ2n) is 10.7. The summed E-state index contributed by atoms with van der Waals surface area (Å²) in [5.41, 5.74) is 10.0. The second-order valence-corrected chi connectivity index (χ2v) is 11.6. The minimum Gasteiger partial charge on any atom is -0.368 e. The van der Waals surface area contributed by atoms with Crippen LogP contribution in [0.3, 0.4) is 0 Å². The standard InChI is InChI=1S/C31H35N3OS/c32-30(35)31(24-13-3-1-4-14-24,25-15-5-2-6-16-25)34-27-18-8-7-17-26(27)33-29(34)23-12-9-11-22(21-23)28-19-10-20-36-28/h7-12,17-21,24-25H,1-6,13-16H2,(H2,32,35). The number of aromatic nitrogens is 2. The van der Waals surface area contributed by atoms with E-state index < -0.39 is 5.54 Å². The predicted molar refractivity (Wildman–Crippen MR) is 149 cm³/mol. The highest BCUT2D eigenvalue weighted by Crippen LogP contribution is 2.50. The van der Waals surface area contributed by atoms with Crippen molar-refractivity contribution in [3.05, 3.63) is 66.0 Å². The van der Waals surface area contributed by atoms with Crippen LogP contribution in [0.15, 0.2) is 66.0 Å². The monoisotopic (exact) mass is 497 g/mol. The van der Waals surface area contributed by atoms with E-state index in [1.54, 1.807) is 11.3 Å². The summed E-state index contributed by atoms with van der Waals surface area (Å²) in [4.78, 5) is 20.4. The third kappa shape index (κ3) is 3.88. The molecule has 0 unspecified atom stereocenters. The number of nitrogens with zero attached hydrogens (tertiary/aromatic N) is 2. The molecule has 2 aromatic heterocycles. The lowest BCUT2D eigenvalue weighted by atomic mass is 9.63. The van der Waals surface area contributed by atoms with Gasteiger partial charge in [0.2, 0.25) is 5.91 Å². The summed E-state index contributed by atoms with van der Waals surface area (Å²) in [5.74, 6) is 1.19. The van der Waals surface area contributed by atoms with Crippen LogP contribution in [0.2, 0.25) is 0 Å². The molecule has 1 amide bonds. The van der Waals surface area contributed by atoms with Crippen molar-refractivity contribution in [2.24, 2.45) is 17.6 Å². The molecule has 0 bridgehead atoms. The number of amides is 1. The molecule has 6 rings (SSSR count). The zero-order chi connectivity index (χ0) is 24.5. The van der Waals surface area contributed by atoms with E-state index in [0.29, 0.717) is 0 Å². The van der Waals surface area contributed by atoms with Crippen LogP contribution in [-0.4, -0.2) is 15.5 Å². The van der Waals surface area contributed by atoms with Gasteiger partial charge in [0.15, 0.2) is 0 Å². The van der Waals surface area contributed by atoms with Crippen molar-refractivity contribution in [1.29, 1.82) is 0 Å². The maximum Gasteiger partial charge on any atom is 0.244 e. The van der Waals surface area contributed by atoms with Crippen molar-refractivity contribution in [2.75, 3.05) is 0 Å². The first kappa shape index (κ1) is 23.5. The maximum atomic E-state index is 14.0. The molecule has 0 saturated heterocycles. The largest absolute Gasteiger partial charge is 0.368 e. The Morgan fingerprint density at radius 2 is 1.50 bits per heavy atom. The number of para-hydroxylation sites is 2. The molecule has 2 aromatic carbocycles. The van der Waals surface area contributed by atoms with Crippen LogP contribution < -0.4 is 5.73 Å². The number of hydrogen-bond acceptors (Lipinski definition) is 3. The number of imidazole rings is 1. The number of carbonyl (C=O) groups excluding carboxylic acids is 1. The first-order valence-corrected chi connectivity index (χ1v) is 14.5. The fraction of sp³-hybridized carbons (Fsp3) is 0.419. The second kappa shape index (κ2) is 9.85. The van der Waals surface area contributed by atoms with Crippen LogP contribution in [0, 0.1) is 11.8 Å². The van der Waals surface area contributed by atoms with Gasteiger partial charge in [-0.15, -0.1) is 11.3 Å². The van der Waals surface area contributed by atoms with Crippen molar-refractivity contribution >= 4 is 28.3 Å². The summed E-state index contributed by atoms with van der Waals surface area (Å²) in [7, 11) is 0. The molecule has 5 heteroatoms. The van der Waals surface area contributed by atoms with Crippen molar-refractivity contribution in [1.82, 2.24) is 9.55 Å². The SMILES string of the molecule is NC(=O)C(C1CCCCC1)(C1CCCCC1)n1c(-c2cccc(-c3cccs3)c2)nc2ccccc21. The first-order valence-electron chi connectivity index (χ1n) is 13.6. The number of primary amides is 1. The Bertz CT molecular complexity index is 1330. The Kier molecular flexibility index (Phi) is 6.43. The minimum atomic E-state index is -0.759. The number of fused-ring (bicyclic) bond motifs is 1. The van der Waals surface area contributed by atoms with Crippen LogP contribution in [0.5, 0.6) is 0 Å². The lowest BCUT2D eigenvalue weighted by molar-refractivity contribution is -0.135. The molecule has 0 radical (unpaired) electrons. The highest BCUT2D eigenvalue weighted by molar-refractivity contribution is 7.13. The Morgan fingerprint density at radius 3 is 2.14 bits per heavy atom. The maximum absolute atomic E-state index is 14.0. The molecule has 4 nitrogen and oxygen atoms in total. The molecule has 2 heterocycles. The van der Waals surface area contributed by atoms with Gasteiger partial charge in [0.05, 0.1) is 11.0 Å². The van der Waals surface area contributed by atoms with E-state index in [0.717, 1.165) is 48.1 Å². The van der Waals surface area contributed by atoms with E-state index in [1.807, 2.05) is 6.07 Å². The normalized spacial score (nSPS) is 18.0. The van der Waals surface area contributed by atoms with Gasteiger partial charge in [0.1, 0.15) is 11.4 Å². The zero-order valence-electron chi connectivity index (χ0n) is 20.9. The number of benzene rings is 2. The molecule has 2 aliphatic rings. The van der Waals surface area contributed by atoms with Crippen LogP contribution in [0.4, 0.5) is 0 Å². The van der Waals surface area contributed by atoms with Gasteiger partial charge in [0, 0.05) is 10.4 Å². The molecule has 4 aromatic rings. The first-order chi connectivity index (χ1) is 17.7. The molecule has 0 aliphatic heterocycles. The van der Waals surface area contributed by atoms with Gasteiger partial charge >= 0.3 is 0 Å². The number of rotatable bonds is 6. The van der Waals surface area contributed by atoms with Crippen LogP contribution in [0.1, 0.15) is 64.2 Å². The van der Waals surface area contributed by atoms with Gasteiger partial charge in [-0.25, -0.2) is 4.98 Å². The van der Waals surface area contributed by atoms with Crippen molar-refractivity contribution in [2.45, 2.75) is 69.7 Å². The molecule has 0 atom stereocenters. The van der Waals surface area contributed by atoms with Gasteiger partial charge in [-0.05, 0) is 72.7 Å². The van der Waals surface area contributed by atoms with Crippen LogP contribution in [0.25, 0.3) is 32.9 Å². The van der Waals surface area contributed by atoms with Gasteiger partial charge in [-0.2, -0.15) is 0 Å². The highest BCUT2D eigenvalue weighted by atomic mass is 32.1. The molecule has 2 saturated carbocycles. The summed E-state index contributed by atoms with van der Waals surface area (Å²) in [6.45, 7) is 0. The number of carbonyl (C=O) groups is 1. The van der Waals surface area contributed by atoms with Crippen molar-refractivity contribution < 1.29 is 4.79 Å². The summed E-state index contributed by atoms with van der Waals surface area (Å²) in [6, 6.07) is 21.2. The summed E-state index contributed by atoms with van der Waals surface area (Å²) in [5, 5.41) is 2.11. The molecule has 2 N–H and O–H groups in total. The van der Waals surface area contributed by atoms with E-state index in [4.69, 9.17) is 10.7 Å². The summed E-state index contributed by atoms with van der Waals surface area (Å²) in [6.07, 6.45) is 11.4. The Balaban J connectivity index is 1.63. The van der Waals surface area contributed by atoms with Crippen molar-refractivity contribution in [3.63, 3.8) is 0 Å². The van der Waals surface area contributed by atoms with E-state index in [-0.39, 0.29) is 17.7 Å². The minimum absolute atomic E-state index is 0.167. The Labute approximate surface area is 217 Å². The lowest BCUT2D eigenvalue weighted by Gasteiger charge is -2.48. The average Bonchev–Trinajstić information content (AvgIpc) is 3.60. The molecule has 2 aliphatic carbocycles. The van der Waals surface area contributed by atoms with Crippen LogP contribution >= 0.6 is 11.3 Å². The Hall–Kier alpha value is -2.92. The van der Waals surface area contributed by atoms with Crippen LogP contribution in [-0.2, 0) is 10.3 Å². The lowest BCUT2D eigenvalue weighted by Crippen LogP contribution is -2.58. The third-order valence-corrected chi connectivity index (χ3v) is 9.63. The quantitative estimate of drug-likeness (QED) is 0.296. The fourth-order valence-corrected chi connectivity index (χ4v) is 7.87. The van der Waals surface area contributed by atoms with Crippen molar-refractivity contribution in [3.8, 4) is 21.8 Å². The van der Waals surface area contributed by atoms with Gasteiger partial charge in [0.25, 0.3) is 0 Å². The van der Waals surface area contributed by atoms with Gasteiger partial charge in [-0.3, -0.25) is 4.79 Å². The summed E-state index contributed by atoms with van der Waals surface area (Å²) >= 11 is 1.74. The topological polar surface area (TPSA) is 60.9 Å². The van der Waals surface area contributed by atoms with E-state index >= 15 is 0 Å². The number of nitrogens with two attached hydrogens (primary N) is 1. The third-order valence-electron chi connectivity index (χ3n) is 8.71. The smallest absolute Gasteiger partial charge is 0.244 e. The Morgan fingerprint density at radius 1 is 0.833 bits per heavy atom. The molecular formula is C31H35N3OS. The number of hydrogen-bond donors (Lipinski definition) is 1. The molecule has 36 heavy (non-hydrogen) atoms. The van der Waals surface area contributed by atoms with E-state index in [2.05, 4.69) is 64.5 Å². The number of thiophene rings is 1. The molecule has 186 valence electrons. The van der Waals surface area contributed by atoms with E-state index in [1.165, 1.54) is 49.0 Å². The predicted octanol–water partition coefficient (Wildman–Crippen LogP) is 7.77. The molecule has 0 spiro atoms. The fourth-order valence-electron chi connectivity index (χ4n) is 7.14. The zero-order valence-corrected chi connectivity index (χ0v) is 21.7. The molecule has 2 fully saturated rings. The van der Waals surface area contributed by atoms with E-state index in [9.17, 15) is 4.79 Å². The van der Waals surface area contributed by atoms with Gasteiger partial charge in [-0.1, -0.05) is 74.9 Å². The average molecular weight is 498 g/mol. The summed E-state index contributed by atoms with van der Waals surface area (Å²) < 4.78 is 2.32. The highest BCUT2D eigenvalue weighted by Gasteiger charge is 2.53. The molecular weight excluding hydrogens is 462 g/mol. The van der Waals surface area contributed by atoms with Gasteiger partial charge < -0.3 is 10.3 Å².